The Morgan fingerprint density at radius 2 is 1.61 bits per heavy atom. The van der Waals surface area contributed by atoms with Crippen molar-refractivity contribution in [2.45, 2.75) is 71.8 Å². The Bertz CT molecular complexity index is 378. The first-order chi connectivity index (χ1) is 8.23. The number of amidine groups is 1. The van der Waals surface area contributed by atoms with Crippen LogP contribution in [0.1, 0.15) is 66.2 Å². The fourth-order valence-electron chi connectivity index (χ4n) is 5.92. The highest BCUT2D eigenvalue weighted by atomic mass is 15.0. The Balaban J connectivity index is 1.96. The van der Waals surface area contributed by atoms with Gasteiger partial charge in [-0.05, 0) is 55.3 Å². The lowest BCUT2D eigenvalue weighted by atomic mass is 9.43. The van der Waals surface area contributed by atoms with Gasteiger partial charge >= 0.3 is 0 Å². The number of hydrogen-bond donors (Lipinski definition) is 1. The van der Waals surface area contributed by atoms with Crippen LogP contribution in [0.4, 0.5) is 0 Å². The Kier molecular flexibility index (Phi) is 2.44. The average Bonchev–Trinajstić information content (AvgIpc) is 2.09. The van der Waals surface area contributed by atoms with Crippen LogP contribution in [0.5, 0.6) is 0 Å². The third kappa shape index (κ3) is 1.88. The van der Waals surface area contributed by atoms with Crippen LogP contribution >= 0.6 is 0 Å². The average molecular weight is 248 g/mol. The largest absolute Gasteiger partial charge is 0.387 e. The molecule has 0 radical (unpaired) electrons. The Morgan fingerprint density at radius 1 is 1.06 bits per heavy atom. The maximum Gasteiger partial charge on any atom is 0.0969 e. The summed E-state index contributed by atoms with van der Waals surface area (Å²) in [6.45, 7) is 9.29. The van der Waals surface area contributed by atoms with Gasteiger partial charge in [0.2, 0.25) is 0 Å². The van der Waals surface area contributed by atoms with Gasteiger partial charge in [0.25, 0.3) is 0 Å². The van der Waals surface area contributed by atoms with Crippen LogP contribution in [0.3, 0.4) is 0 Å². The first-order valence-corrected chi connectivity index (χ1v) is 7.59. The molecular formula is C16H28N2. The maximum absolute atomic E-state index is 6.17. The van der Waals surface area contributed by atoms with Gasteiger partial charge in [-0.25, -0.2) is 0 Å². The van der Waals surface area contributed by atoms with E-state index < -0.39 is 0 Å². The summed E-state index contributed by atoms with van der Waals surface area (Å²) in [5.74, 6) is 2.17. The zero-order chi connectivity index (χ0) is 13.2. The molecule has 4 bridgehead atoms. The van der Waals surface area contributed by atoms with Gasteiger partial charge < -0.3 is 5.73 Å². The molecule has 18 heavy (non-hydrogen) atoms. The lowest BCUT2D eigenvalue weighted by molar-refractivity contribution is -0.104. The lowest BCUT2D eigenvalue weighted by Crippen LogP contribution is -2.58. The molecule has 2 atom stereocenters. The van der Waals surface area contributed by atoms with Crippen LogP contribution in [0.25, 0.3) is 0 Å². The van der Waals surface area contributed by atoms with Crippen molar-refractivity contribution >= 4 is 5.84 Å². The number of nitrogens with zero attached hydrogens (tertiary/aromatic N) is 1. The molecule has 4 aliphatic carbocycles. The van der Waals surface area contributed by atoms with Crippen LogP contribution in [0, 0.1) is 22.7 Å². The molecule has 2 N–H and O–H groups in total. The van der Waals surface area contributed by atoms with E-state index in [-0.39, 0.29) is 5.54 Å². The lowest BCUT2D eigenvalue weighted by Gasteiger charge is -2.64. The molecule has 102 valence electrons. The van der Waals surface area contributed by atoms with Gasteiger partial charge in [0.15, 0.2) is 0 Å². The zero-order valence-electron chi connectivity index (χ0n) is 12.4. The van der Waals surface area contributed by atoms with Crippen LogP contribution in [0.15, 0.2) is 4.99 Å². The van der Waals surface area contributed by atoms with E-state index in [1.807, 2.05) is 0 Å². The van der Waals surface area contributed by atoms with Crippen molar-refractivity contribution in [1.82, 2.24) is 0 Å². The van der Waals surface area contributed by atoms with E-state index in [2.05, 4.69) is 27.7 Å². The van der Waals surface area contributed by atoms with Crippen molar-refractivity contribution in [2.24, 2.45) is 33.4 Å². The Hall–Kier alpha value is -0.530. The standard InChI is InChI=1S/C16H28N2/c1-11(2)13(17)18-16-7-12-5-14(3,9-16)8-15(4,6-12)10-16/h11-12H,5-10H2,1-4H3,(H2,17,18). The van der Waals surface area contributed by atoms with E-state index in [4.69, 9.17) is 10.7 Å². The van der Waals surface area contributed by atoms with Crippen LogP contribution < -0.4 is 5.73 Å². The van der Waals surface area contributed by atoms with Crippen LogP contribution in [-0.4, -0.2) is 11.4 Å². The molecule has 0 heterocycles. The summed E-state index contributed by atoms with van der Waals surface area (Å²) in [6.07, 6.45) is 8.13. The summed E-state index contributed by atoms with van der Waals surface area (Å²) in [5, 5.41) is 0. The SMILES string of the molecule is CC(C)C(N)=NC12CC3CC(C)(CC(C)(C3)C1)C2. The monoisotopic (exact) mass is 248 g/mol. The van der Waals surface area contributed by atoms with Crippen LogP contribution in [-0.2, 0) is 0 Å². The van der Waals surface area contributed by atoms with Gasteiger partial charge in [0.1, 0.15) is 0 Å². The minimum atomic E-state index is 0.192. The summed E-state index contributed by atoms with van der Waals surface area (Å²) in [5.41, 5.74) is 7.44. The summed E-state index contributed by atoms with van der Waals surface area (Å²) in [7, 11) is 0. The number of rotatable bonds is 2. The van der Waals surface area contributed by atoms with Crippen molar-refractivity contribution in [3.05, 3.63) is 0 Å². The summed E-state index contributed by atoms with van der Waals surface area (Å²) < 4.78 is 0. The van der Waals surface area contributed by atoms with Crippen LogP contribution in [0.2, 0.25) is 0 Å². The van der Waals surface area contributed by atoms with Crippen molar-refractivity contribution < 1.29 is 0 Å². The summed E-state index contributed by atoms with van der Waals surface area (Å²) in [4.78, 5) is 5.05. The van der Waals surface area contributed by atoms with Crippen molar-refractivity contribution in [3.63, 3.8) is 0 Å². The van der Waals surface area contributed by atoms with E-state index in [0.29, 0.717) is 16.7 Å². The molecule has 4 rings (SSSR count). The summed E-state index contributed by atoms with van der Waals surface area (Å²) >= 11 is 0. The molecule has 0 aliphatic heterocycles. The van der Waals surface area contributed by atoms with Gasteiger partial charge in [0, 0.05) is 5.92 Å². The van der Waals surface area contributed by atoms with Gasteiger partial charge in [-0.1, -0.05) is 27.7 Å². The molecule has 2 nitrogen and oxygen atoms in total. The minimum Gasteiger partial charge on any atom is -0.387 e. The fourth-order valence-corrected chi connectivity index (χ4v) is 5.92. The van der Waals surface area contributed by atoms with Crippen molar-refractivity contribution in [1.29, 1.82) is 0 Å². The van der Waals surface area contributed by atoms with Gasteiger partial charge in [-0.3, -0.25) is 4.99 Å². The molecule has 2 unspecified atom stereocenters. The minimum absolute atomic E-state index is 0.192. The first-order valence-electron chi connectivity index (χ1n) is 7.59. The highest BCUT2D eigenvalue weighted by Gasteiger charge is 2.60. The second-order valence-corrected chi connectivity index (χ2v) is 8.55. The van der Waals surface area contributed by atoms with Gasteiger partial charge in [-0.15, -0.1) is 0 Å². The van der Waals surface area contributed by atoms with Gasteiger partial charge in [0.05, 0.1) is 11.4 Å². The summed E-state index contributed by atoms with van der Waals surface area (Å²) in [6, 6.07) is 0. The van der Waals surface area contributed by atoms with E-state index in [9.17, 15) is 0 Å². The van der Waals surface area contributed by atoms with Crippen molar-refractivity contribution in [3.8, 4) is 0 Å². The molecule has 4 saturated carbocycles. The molecule has 2 heteroatoms. The zero-order valence-corrected chi connectivity index (χ0v) is 12.4. The molecule has 0 aromatic carbocycles. The predicted molar refractivity (Wildman–Crippen MR) is 76.6 cm³/mol. The fraction of sp³-hybridized carbons (Fsp3) is 0.938. The highest BCUT2D eigenvalue weighted by molar-refractivity contribution is 5.82. The number of nitrogens with two attached hydrogens (primary N) is 1. The molecule has 0 saturated heterocycles. The van der Waals surface area contributed by atoms with Gasteiger partial charge in [-0.2, -0.15) is 0 Å². The maximum atomic E-state index is 6.17. The molecule has 0 aromatic rings. The normalized spacial score (nSPS) is 51.2. The molecular weight excluding hydrogens is 220 g/mol. The number of aliphatic imine (C=N–C) groups is 1. The third-order valence-electron chi connectivity index (χ3n) is 5.55. The third-order valence-corrected chi connectivity index (χ3v) is 5.55. The topological polar surface area (TPSA) is 38.4 Å². The molecule has 0 aromatic heterocycles. The quantitative estimate of drug-likeness (QED) is 0.586. The first kappa shape index (κ1) is 12.5. The van der Waals surface area contributed by atoms with E-state index in [1.54, 1.807) is 0 Å². The second kappa shape index (κ2) is 3.52. The molecule has 4 fully saturated rings. The van der Waals surface area contributed by atoms with E-state index in [1.165, 1.54) is 38.5 Å². The highest BCUT2D eigenvalue weighted by Crippen LogP contribution is 2.67. The molecule has 0 spiro atoms. The smallest absolute Gasteiger partial charge is 0.0969 e. The van der Waals surface area contributed by atoms with E-state index >= 15 is 0 Å². The van der Waals surface area contributed by atoms with Crippen molar-refractivity contribution in [2.75, 3.05) is 0 Å². The van der Waals surface area contributed by atoms with E-state index in [0.717, 1.165) is 11.8 Å². The number of hydrogen-bond acceptors (Lipinski definition) is 1. The molecule has 4 aliphatic rings. The Labute approximate surface area is 111 Å². The second-order valence-electron chi connectivity index (χ2n) is 8.55. The predicted octanol–water partition coefficient (Wildman–Crippen LogP) is 3.75. The Morgan fingerprint density at radius 3 is 2.06 bits per heavy atom. The molecule has 0 amide bonds.